The molecule has 2 aromatic carbocycles. The van der Waals surface area contributed by atoms with Gasteiger partial charge in [0.15, 0.2) is 0 Å². The Bertz CT molecular complexity index is 811. The average molecular weight is 327 g/mol. The quantitative estimate of drug-likeness (QED) is 0.716. The number of nitrogens with two attached hydrogens (primary N) is 1. The summed E-state index contributed by atoms with van der Waals surface area (Å²) in [6.45, 7) is 5.44. The highest BCUT2D eigenvalue weighted by molar-refractivity contribution is 6.03. The van der Waals surface area contributed by atoms with Gasteiger partial charge in [-0.1, -0.05) is 26.0 Å². The van der Waals surface area contributed by atoms with Gasteiger partial charge in [-0.15, -0.1) is 0 Å². The topological polar surface area (TPSA) is 101 Å². The third kappa shape index (κ3) is 3.11. The Morgan fingerprint density at radius 2 is 1.75 bits per heavy atom. The van der Waals surface area contributed by atoms with Crippen LogP contribution >= 0.6 is 0 Å². The summed E-state index contributed by atoms with van der Waals surface area (Å²) in [6.07, 6.45) is 0.639. The van der Waals surface area contributed by atoms with E-state index in [1.54, 1.807) is 37.3 Å². The largest absolute Gasteiger partial charge is 0.478 e. The van der Waals surface area contributed by atoms with Crippen molar-refractivity contribution in [3.63, 3.8) is 0 Å². The maximum atomic E-state index is 12.0. The lowest BCUT2D eigenvalue weighted by Crippen LogP contribution is -2.15. The van der Waals surface area contributed by atoms with Crippen LogP contribution in [0.25, 0.3) is 11.1 Å². The predicted molar refractivity (Wildman–Crippen MR) is 93.7 cm³/mol. The van der Waals surface area contributed by atoms with Gasteiger partial charge in [0.2, 0.25) is 0 Å². The van der Waals surface area contributed by atoms with Crippen LogP contribution in [0.3, 0.4) is 0 Å². The number of rotatable bonds is 5. The maximum absolute atomic E-state index is 12.0. The maximum Gasteiger partial charge on any atom is 0.336 e. The molecule has 126 valence electrons. The Morgan fingerprint density at radius 1 is 1.12 bits per heavy atom. The van der Waals surface area contributed by atoms with Gasteiger partial charge in [-0.2, -0.15) is 0 Å². The summed E-state index contributed by atoms with van der Waals surface area (Å²) in [5.74, 6) is -2.43. The Balaban J connectivity index is 2.94. The van der Waals surface area contributed by atoms with Gasteiger partial charge in [0, 0.05) is 5.69 Å². The van der Waals surface area contributed by atoms with E-state index in [4.69, 9.17) is 5.73 Å². The summed E-state index contributed by atoms with van der Waals surface area (Å²) in [6, 6.07) is 8.56. The van der Waals surface area contributed by atoms with E-state index in [0.717, 1.165) is 0 Å². The van der Waals surface area contributed by atoms with Gasteiger partial charge in [-0.25, -0.2) is 9.59 Å². The molecule has 4 N–H and O–H groups in total. The lowest BCUT2D eigenvalue weighted by molar-refractivity contribution is 0.0694. The molecular formula is C19H21NO4. The molecule has 0 fully saturated rings. The number of aromatic carboxylic acids is 2. The van der Waals surface area contributed by atoms with Crippen LogP contribution in [0.1, 0.15) is 58.0 Å². The van der Waals surface area contributed by atoms with Crippen LogP contribution in [0.4, 0.5) is 5.69 Å². The molecule has 0 bridgehead atoms. The molecule has 24 heavy (non-hydrogen) atoms. The SMILES string of the molecule is CCC(C)c1c(C(=O)O)c(C)cc(-c2cccc(N)c2)c1C(=O)O. The van der Waals surface area contributed by atoms with E-state index >= 15 is 0 Å². The standard InChI is InChI=1S/C19H21NO4/c1-4-10(2)15-16(18(21)22)11(3)8-14(17(15)19(23)24)12-6-5-7-13(20)9-12/h5-10H,4,20H2,1-3H3,(H,21,22)(H,23,24). The predicted octanol–water partition coefficient (Wildman–Crippen LogP) is 4.15. The van der Waals surface area contributed by atoms with Crippen LogP contribution in [0, 0.1) is 6.92 Å². The summed E-state index contributed by atoms with van der Waals surface area (Å²) in [7, 11) is 0. The molecular weight excluding hydrogens is 306 g/mol. The Kier molecular flexibility index (Phi) is 4.93. The minimum absolute atomic E-state index is 0.0398. The first kappa shape index (κ1) is 17.5. The molecule has 5 heteroatoms. The van der Waals surface area contributed by atoms with Gasteiger partial charge < -0.3 is 15.9 Å². The molecule has 2 aromatic rings. The zero-order valence-corrected chi connectivity index (χ0v) is 14.0. The molecule has 0 aromatic heterocycles. The summed E-state index contributed by atoms with van der Waals surface area (Å²) in [5.41, 5.74) is 8.53. The van der Waals surface area contributed by atoms with Crippen LogP contribution in [-0.4, -0.2) is 22.2 Å². The van der Waals surface area contributed by atoms with Crippen LogP contribution in [0.5, 0.6) is 0 Å². The monoisotopic (exact) mass is 327 g/mol. The molecule has 1 atom stereocenters. The van der Waals surface area contributed by atoms with Crippen LogP contribution in [-0.2, 0) is 0 Å². The number of hydrogen-bond acceptors (Lipinski definition) is 3. The van der Waals surface area contributed by atoms with Gasteiger partial charge in [0.25, 0.3) is 0 Å². The Labute approximate surface area is 140 Å². The van der Waals surface area contributed by atoms with E-state index < -0.39 is 11.9 Å². The summed E-state index contributed by atoms with van der Waals surface area (Å²) in [4.78, 5) is 23.7. The van der Waals surface area contributed by atoms with Crippen molar-refractivity contribution in [2.45, 2.75) is 33.1 Å². The highest BCUT2D eigenvalue weighted by Gasteiger charge is 2.27. The molecule has 0 saturated carbocycles. The third-order valence-corrected chi connectivity index (χ3v) is 4.29. The van der Waals surface area contributed by atoms with E-state index in [0.29, 0.717) is 34.4 Å². The molecule has 1 unspecified atom stereocenters. The number of anilines is 1. The molecule has 0 saturated heterocycles. The minimum atomic E-state index is -1.13. The van der Waals surface area contributed by atoms with Crippen LogP contribution in [0.15, 0.2) is 30.3 Å². The number of carboxylic acids is 2. The molecule has 0 spiro atoms. The molecule has 0 heterocycles. The second-order valence-corrected chi connectivity index (χ2v) is 5.95. The van der Waals surface area contributed by atoms with Crippen molar-refractivity contribution in [1.82, 2.24) is 0 Å². The fraction of sp³-hybridized carbons (Fsp3) is 0.263. The van der Waals surface area contributed by atoms with Crippen LogP contribution < -0.4 is 5.73 Å². The van der Waals surface area contributed by atoms with E-state index in [1.807, 2.05) is 13.8 Å². The first-order chi connectivity index (χ1) is 11.3. The van der Waals surface area contributed by atoms with Gasteiger partial charge in [-0.3, -0.25) is 0 Å². The smallest absolute Gasteiger partial charge is 0.336 e. The lowest BCUT2D eigenvalue weighted by atomic mass is 9.82. The van der Waals surface area contributed by atoms with Crippen molar-refractivity contribution >= 4 is 17.6 Å². The van der Waals surface area contributed by atoms with E-state index in [1.165, 1.54) is 0 Å². The highest BCUT2D eigenvalue weighted by Crippen LogP contribution is 2.36. The Hall–Kier alpha value is -2.82. The van der Waals surface area contributed by atoms with Crippen molar-refractivity contribution in [1.29, 1.82) is 0 Å². The van der Waals surface area contributed by atoms with Crippen molar-refractivity contribution in [3.8, 4) is 11.1 Å². The van der Waals surface area contributed by atoms with E-state index in [2.05, 4.69) is 0 Å². The number of carboxylic acid groups (broad SMARTS) is 2. The third-order valence-electron chi connectivity index (χ3n) is 4.29. The molecule has 2 rings (SSSR count). The van der Waals surface area contributed by atoms with Gasteiger partial charge in [0.1, 0.15) is 0 Å². The number of nitrogen functional groups attached to an aromatic ring is 1. The van der Waals surface area contributed by atoms with Crippen molar-refractivity contribution in [3.05, 3.63) is 52.6 Å². The zero-order chi connectivity index (χ0) is 18.0. The summed E-state index contributed by atoms with van der Waals surface area (Å²) >= 11 is 0. The van der Waals surface area contributed by atoms with Crippen molar-refractivity contribution < 1.29 is 19.8 Å². The molecule has 0 amide bonds. The fourth-order valence-corrected chi connectivity index (χ4v) is 2.99. The normalized spacial score (nSPS) is 12.0. The first-order valence-corrected chi connectivity index (χ1v) is 7.77. The van der Waals surface area contributed by atoms with E-state index in [-0.39, 0.29) is 17.0 Å². The van der Waals surface area contributed by atoms with Crippen molar-refractivity contribution in [2.24, 2.45) is 0 Å². The molecule has 0 aliphatic heterocycles. The average Bonchev–Trinajstić information content (AvgIpc) is 2.52. The second kappa shape index (κ2) is 6.74. The summed E-state index contributed by atoms with van der Waals surface area (Å²) < 4.78 is 0. The lowest BCUT2D eigenvalue weighted by Gasteiger charge is -2.21. The number of carbonyl (C=O) groups is 2. The van der Waals surface area contributed by atoms with Gasteiger partial charge in [0.05, 0.1) is 11.1 Å². The Morgan fingerprint density at radius 3 is 2.25 bits per heavy atom. The highest BCUT2D eigenvalue weighted by atomic mass is 16.4. The van der Waals surface area contributed by atoms with Crippen LogP contribution in [0.2, 0.25) is 0 Å². The van der Waals surface area contributed by atoms with E-state index in [9.17, 15) is 19.8 Å². The molecule has 5 nitrogen and oxygen atoms in total. The zero-order valence-electron chi connectivity index (χ0n) is 14.0. The molecule has 0 aliphatic rings. The minimum Gasteiger partial charge on any atom is -0.478 e. The fourth-order valence-electron chi connectivity index (χ4n) is 2.99. The van der Waals surface area contributed by atoms with Crippen molar-refractivity contribution in [2.75, 3.05) is 5.73 Å². The molecule has 0 aliphatic carbocycles. The van der Waals surface area contributed by atoms with Gasteiger partial charge >= 0.3 is 11.9 Å². The summed E-state index contributed by atoms with van der Waals surface area (Å²) in [5, 5.41) is 19.4. The first-order valence-electron chi connectivity index (χ1n) is 7.77. The number of hydrogen-bond donors (Lipinski definition) is 3. The number of aryl methyl sites for hydroxylation is 1. The molecule has 0 radical (unpaired) electrons. The second-order valence-electron chi connectivity index (χ2n) is 5.95. The van der Waals surface area contributed by atoms with Gasteiger partial charge in [-0.05, 0) is 59.7 Å². The number of benzene rings is 2.